The van der Waals surface area contributed by atoms with Crippen molar-refractivity contribution in [2.24, 2.45) is 0 Å². The number of thiazole rings is 1. The molecule has 0 aliphatic rings. The molecule has 0 aliphatic carbocycles. The van der Waals surface area contributed by atoms with Crippen molar-refractivity contribution in [1.82, 2.24) is 14.8 Å². The predicted octanol–water partition coefficient (Wildman–Crippen LogP) is 3.92. The van der Waals surface area contributed by atoms with Gasteiger partial charge in [0.05, 0.1) is 0 Å². The topological polar surface area (TPSA) is 86.6 Å². The van der Waals surface area contributed by atoms with Crippen LogP contribution in [-0.2, 0) is 14.8 Å². The van der Waals surface area contributed by atoms with Gasteiger partial charge >= 0.3 is 0 Å². The van der Waals surface area contributed by atoms with Crippen LogP contribution in [0.3, 0.4) is 0 Å². The lowest BCUT2D eigenvalue weighted by Gasteiger charge is -2.23. The van der Waals surface area contributed by atoms with Gasteiger partial charge in [-0.25, -0.2) is 22.4 Å². The summed E-state index contributed by atoms with van der Waals surface area (Å²) in [6, 6.07) is 15.6. The number of benzene rings is 2. The Morgan fingerprint density at radius 3 is 2.57 bits per heavy atom. The number of aromatic nitrogens is 3. The van der Waals surface area contributed by atoms with Crippen molar-refractivity contribution >= 4 is 26.5 Å². The molecule has 0 N–H and O–H groups in total. The zero-order chi connectivity index (χ0) is 21.0. The molecule has 0 unspecified atom stereocenters. The first-order chi connectivity index (χ1) is 14.6. The fourth-order valence-electron chi connectivity index (χ4n) is 2.81. The normalized spacial score (nSPS) is 11.4. The Bertz CT molecular complexity index is 1200. The second kappa shape index (κ2) is 8.66. The minimum atomic E-state index is -4.06. The lowest BCUT2D eigenvalue weighted by Crippen LogP contribution is -2.33. The second-order valence-electron chi connectivity index (χ2n) is 6.06. The smallest absolute Gasteiger partial charge is 0.271 e. The highest BCUT2D eigenvalue weighted by atomic mass is 32.2. The molecule has 2 aromatic carbocycles. The van der Waals surface area contributed by atoms with E-state index in [-0.39, 0.29) is 17.4 Å². The zero-order valence-corrected chi connectivity index (χ0v) is 17.6. The number of anilines is 1. The van der Waals surface area contributed by atoms with Gasteiger partial charge in [0.15, 0.2) is 5.75 Å². The van der Waals surface area contributed by atoms with E-state index in [0.717, 1.165) is 4.31 Å². The van der Waals surface area contributed by atoms with E-state index in [1.807, 2.05) is 18.2 Å². The van der Waals surface area contributed by atoms with E-state index in [2.05, 4.69) is 10.1 Å². The largest absolute Gasteiger partial charge is 0.454 e. The van der Waals surface area contributed by atoms with Gasteiger partial charge in [-0.2, -0.15) is 5.10 Å². The first kappa shape index (κ1) is 20.1. The molecule has 0 saturated carbocycles. The summed E-state index contributed by atoms with van der Waals surface area (Å²) >= 11 is 1.20. The molecule has 30 heavy (non-hydrogen) atoms. The first-order valence-corrected chi connectivity index (χ1v) is 11.2. The van der Waals surface area contributed by atoms with Crippen LogP contribution in [0.1, 0.15) is 0 Å². The highest BCUT2D eigenvalue weighted by Gasteiger charge is 2.32. The Labute approximate surface area is 178 Å². The molecule has 0 bridgehead atoms. The van der Waals surface area contributed by atoms with Crippen LogP contribution in [0, 0.1) is 0 Å². The van der Waals surface area contributed by atoms with Gasteiger partial charge in [0.2, 0.25) is 5.13 Å². The molecule has 8 nitrogen and oxygen atoms in total. The van der Waals surface area contributed by atoms with Crippen LogP contribution in [0.25, 0.3) is 5.69 Å². The molecule has 0 amide bonds. The van der Waals surface area contributed by atoms with Crippen LogP contribution in [-0.4, -0.2) is 37.0 Å². The molecular weight excluding hydrogens is 424 g/mol. The van der Waals surface area contributed by atoms with E-state index in [9.17, 15) is 8.42 Å². The molecule has 2 heterocycles. The maximum atomic E-state index is 13.7. The lowest BCUT2D eigenvalue weighted by atomic mass is 10.3. The van der Waals surface area contributed by atoms with Crippen LogP contribution < -0.4 is 9.04 Å². The average Bonchev–Trinajstić information content (AvgIpc) is 3.47. The molecule has 10 heteroatoms. The molecule has 0 fully saturated rings. The summed E-state index contributed by atoms with van der Waals surface area (Å²) in [4.78, 5) is 4.12. The minimum absolute atomic E-state index is 0.0217. The van der Waals surface area contributed by atoms with Gasteiger partial charge in [-0.15, -0.1) is 11.3 Å². The van der Waals surface area contributed by atoms with E-state index < -0.39 is 10.0 Å². The van der Waals surface area contributed by atoms with E-state index in [4.69, 9.17) is 9.47 Å². The minimum Gasteiger partial charge on any atom is -0.454 e. The Morgan fingerprint density at radius 1 is 1.07 bits per heavy atom. The fourth-order valence-corrected chi connectivity index (χ4v) is 5.13. The number of sulfonamides is 1. The predicted molar refractivity (Wildman–Crippen MR) is 114 cm³/mol. The van der Waals surface area contributed by atoms with Crippen molar-refractivity contribution in [2.75, 3.05) is 18.1 Å². The van der Waals surface area contributed by atoms with Crippen molar-refractivity contribution in [1.29, 1.82) is 0 Å². The summed E-state index contributed by atoms with van der Waals surface area (Å²) in [5.74, 6) is 0.658. The first-order valence-electron chi connectivity index (χ1n) is 8.88. The second-order valence-corrected chi connectivity index (χ2v) is 8.76. The number of rotatable bonds is 8. The fraction of sp³-hybridized carbons (Fsp3) is 0.100. The van der Waals surface area contributed by atoms with Gasteiger partial charge in [0.25, 0.3) is 10.0 Å². The van der Waals surface area contributed by atoms with Crippen LogP contribution in [0.5, 0.6) is 11.5 Å². The van der Waals surface area contributed by atoms with E-state index >= 15 is 0 Å². The van der Waals surface area contributed by atoms with Gasteiger partial charge < -0.3 is 9.47 Å². The van der Waals surface area contributed by atoms with Crippen LogP contribution in [0.2, 0.25) is 0 Å². The van der Waals surface area contributed by atoms with Crippen molar-refractivity contribution in [3.05, 3.63) is 78.6 Å². The number of hydrogen-bond donors (Lipinski definition) is 0. The number of para-hydroxylation sites is 2. The monoisotopic (exact) mass is 442 g/mol. The van der Waals surface area contributed by atoms with E-state index in [0.29, 0.717) is 16.6 Å². The maximum Gasteiger partial charge on any atom is 0.271 e. The Morgan fingerprint density at radius 2 is 1.90 bits per heavy atom. The lowest BCUT2D eigenvalue weighted by molar-refractivity contribution is 0.209. The summed E-state index contributed by atoms with van der Waals surface area (Å²) in [6.45, 7) is -0.188. The molecule has 0 saturated heterocycles. The molecular formula is C20H18N4O4S2. The molecule has 0 radical (unpaired) electrons. The number of hydrogen-bond acceptors (Lipinski definition) is 7. The van der Waals surface area contributed by atoms with Crippen molar-refractivity contribution < 1.29 is 17.9 Å². The van der Waals surface area contributed by atoms with E-state index in [1.165, 1.54) is 24.5 Å². The molecule has 0 aliphatic heterocycles. The number of methoxy groups -OCH3 is 1. The Balaban J connectivity index is 1.89. The van der Waals surface area contributed by atoms with Crippen LogP contribution in [0.15, 0.2) is 83.5 Å². The molecule has 0 atom stereocenters. The number of nitrogens with zero attached hydrogens (tertiary/aromatic N) is 4. The summed E-state index contributed by atoms with van der Waals surface area (Å²) < 4.78 is 41.2. The third-order valence-corrected chi connectivity index (χ3v) is 6.77. The van der Waals surface area contributed by atoms with Gasteiger partial charge in [0.1, 0.15) is 23.1 Å². The van der Waals surface area contributed by atoms with Gasteiger partial charge in [-0.1, -0.05) is 24.3 Å². The summed E-state index contributed by atoms with van der Waals surface area (Å²) in [7, 11) is -2.63. The van der Waals surface area contributed by atoms with E-state index in [1.54, 1.807) is 59.0 Å². The molecule has 4 aromatic rings. The molecule has 0 spiro atoms. The summed E-state index contributed by atoms with van der Waals surface area (Å²) in [6.07, 6.45) is 4.87. The highest BCUT2D eigenvalue weighted by molar-refractivity contribution is 7.93. The Hall–Kier alpha value is -3.21. The van der Waals surface area contributed by atoms with Crippen molar-refractivity contribution in [3.63, 3.8) is 0 Å². The van der Waals surface area contributed by atoms with Crippen LogP contribution in [0.4, 0.5) is 5.13 Å². The molecule has 2 aromatic heterocycles. The molecule has 154 valence electrons. The summed E-state index contributed by atoms with van der Waals surface area (Å²) in [5, 5.41) is 6.24. The number of ether oxygens (including phenoxy) is 2. The molecule has 4 rings (SSSR count). The maximum absolute atomic E-state index is 13.7. The third-order valence-electron chi connectivity index (χ3n) is 4.12. The third kappa shape index (κ3) is 3.92. The highest BCUT2D eigenvalue weighted by Crippen LogP contribution is 2.37. The average molecular weight is 443 g/mol. The van der Waals surface area contributed by atoms with Crippen LogP contribution >= 0.6 is 11.3 Å². The van der Waals surface area contributed by atoms with Gasteiger partial charge in [-0.3, -0.25) is 0 Å². The standard InChI is InChI=1S/C20H18N4O4S2/c1-27-15-24(20-21-12-14-29-20)30(25,26)18-10-5-9-17(23-13-6-11-22-23)19(18)28-16-7-3-2-4-8-16/h2-14H,15H2,1H3. The van der Waals surface area contributed by atoms with Crippen molar-refractivity contribution in [3.8, 4) is 17.2 Å². The van der Waals surface area contributed by atoms with Crippen molar-refractivity contribution in [2.45, 2.75) is 4.90 Å². The SMILES string of the molecule is COCN(c1nccs1)S(=O)(=O)c1cccc(-n2cccn2)c1Oc1ccccc1. The van der Waals surface area contributed by atoms with Gasteiger partial charge in [0, 0.05) is 31.1 Å². The Kier molecular flexibility index (Phi) is 5.79. The van der Waals surface area contributed by atoms with Gasteiger partial charge in [-0.05, 0) is 30.3 Å². The zero-order valence-electron chi connectivity index (χ0n) is 16.0. The summed E-state index contributed by atoms with van der Waals surface area (Å²) in [5.41, 5.74) is 0.487. The quantitative estimate of drug-likeness (QED) is 0.385.